The van der Waals surface area contributed by atoms with E-state index in [1.807, 2.05) is 34.6 Å². The number of hydrogen-bond acceptors (Lipinski definition) is 4. The van der Waals surface area contributed by atoms with Crippen LogP contribution in [0.15, 0.2) is 11.6 Å². The molecule has 0 spiro atoms. The second kappa shape index (κ2) is 9.56. The number of ether oxygens (including phenoxy) is 2. The molecule has 0 aromatic carbocycles. The molecule has 0 aliphatic carbocycles. The number of carbonyl (C=O) groups is 2. The van der Waals surface area contributed by atoms with Gasteiger partial charge in [-0.25, -0.2) is 4.79 Å². The average molecular weight is 284 g/mol. The van der Waals surface area contributed by atoms with Crippen LogP contribution in [-0.2, 0) is 19.1 Å². The molecule has 0 atom stereocenters. The zero-order valence-electron chi connectivity index (χ0n) is 13.5. The van der Waals surface area contributed by atoms with Gasteiger partial charge in [0, 0.05) is 6.42 Å². The number of allylic oxidation sites excluding steroid dienone is 1. The maximum atomic E-state index is 12.0. The molecule has 0 amide bonds. The lowest BCUT2D eigenvalue weighted by atomic mass is 10.1. The van der Waals surface area contributed by atoms with Crippen LogP contribution in [0.25, 0.3) is 0 Å². The summed E-state index contributed by atoms with van der Waals surface area (Å²) in [5, 5.41) is 0. The molecule has 0 saturated heterocycles. The third-order valence-corrected chi connectivity index (χ3v) is 2.46. The topological polar surface area (TPSA) is 52.6 Å². The quantitative estimate of drug-likeness (QED) is 0.502. The molecular formula is C16H28O4. The van der Waals surface area contributed by atoms with Gasteiger partial charge in [0.15, 0.2) is 0 Å². The van der Waals surface area contributed by atoms with Crippen molar-refractivity contribution in [2.75, 3.05) is 6.61 Å². The van der Waals surface area contributed by atoms with Crippen LogP contribution in [0, 0.1) is 0 Å². The fourth-order valence-corrected chi connectivity index (χ4v) is 1.41. The largest absolute Gasteiger partial charge is 0.461 e. The van der Waals surface area contributed by atoms with E-state index in [-0.39, 0.29) is 12.6 Å². The van der Waals surface area contributed by atoms with Gasteiger partial charge >= 0.3 is 11.9 Å². The second-order valence-corrected chi connectivity index (χ2v) is 5.78. The van der Waals surface area contributed by atoms with Gasteiger partial charge in [-0.1, -0.05) is 32.8 Å². The summed E-state index contributed by atoms with van der Waals surface area (Å²) in [6.07, 6.45) is 5.63. The Labute approximate surface area is 122 Å². The monoisotopic (exact) mass is 284 g/mol. The van der Waals surface area contributed by atoms with Crippen molar-refractivity contribution in [1.29, 1.82) is 0 Å². The van der Waals surface area contributed by atoms with E-state index in [0.29, 0.717) is 12.0 Å². The summed E-state index contributed by atoms with van der Waals surface area (Å²) in [5.41, 5.74) is -0.124. The molecule has 0 radical (unpaired) electrons. The van der Waals surface area contributed by atoms with Crippen molar-refractivity contribution < 1.29 is 19.1 Å². The highest BCUT2D eigenvalue weighted by molar-refractivity contribution is 5.89. The summed E-state index contributed by atoms with van der Waals surface area (Å²) >= 11 is 0. The Morgan fingerprint density at radius 2 is 1.75 bits per heavy atom. The molecule has 4 nitrogen and oxygen atoms in total. The third-order valence-electron chi connectivity index (χ3n) is 2.46. The standard InChI is InChI=1S/C16H28O4/c1-6-8-10-13(15(18)20-16(3,4)5)12-19-14(17)11-9-7-2/h10H,6-9,11-12H2,1-5H3. The minimum absolute atomic E-state index is 0.00252. The third kappa shape index (κ3) is 9.59. The number of carbonyl (C=O) groups excluding carboxylic acids is 2. The molecular weight excluding hydrogens is 256 g/mol. The number of rotatable bonds is 8. The molecule has 0 N–H and O–H groups in total. The molecule has 0 aromatic heterocycles. The van der Waals surface area contributed by atoms with Crippen LogP contribution in [0.2, 0.25) is 0 Å². The van der Waals surface area contributed by atoms with Gasteiger partial charge < -0.3 is 9.47 Å². The Bertz CT molecular complexity index is 337. The predicted octanol–water partition coefficient (Wildman–Crippen LogP) is 3.79. The van der Waals surface area contributed by atoms with Crippen molar-refractivity contribution >= 4 is 11.9 Å². The number of hydrogen-bond donors (Lipinski definition) is 0. The van der Waals surface area contributed by atoms with E-state index < -0.39 is 11.6 Å². The van der Waals surface area contributed by atoms with Crippen LogP contribution in [0.5, 0.6) is 0 Å². The average Bonchev–Trinajstić information content (AvgIpc) is 2.34. The van der Waals surface area contributed by atoms with Gasteiger partial charge in [0.25, 0.3) is 0 Å². The summed E-state index contributed by atoms with van der Waals surface area (Å²) in [6.45, 7) is 9.48. The van der Waals surface area contributed by atoms with Crippen molar-refractivity contribution in [1.82, 2.24) is 0 Å². The maximum absolute atomic E-state index is 12.0. The molecule has 0 aliphatic rings. The Hall–Kier alpha value is -1.32. The van der Waals surface area contributed by atoms with Crippen LogP contribution in [-0.4, -0.2) is 24.1 Å². The smallest absolute Gasteiger partial charge is 0.337 e. The molecule has 0 rings (SSSR count). The summed E-state index contributed by atoms with van der Waals surface area (Å²) in [6, 6.07) is 0. The van der Waals surface area contributed by atoms with E-state index in [4.69, 9.17) is 9.47 Å². The first-order chi connectivity index (χ1) is 9.30. The molecule has 20 heavy (non-hydrogen) atoms. The van der Waals surface area contributed by atoms with E-state index in [1.165, 1.54) is 0 Å². The molecule has 0 aromatic rings. The normalized spacial score (nSPS) is 12.2. The first kappa shape index (κ1) is 18.7. The lowest BCUT2D eigenvalue weighted by Crippen LogP contribution is -2.26. The maximum Gasteiger partial charge on any atom is 0.337 e. The zero-order valence-corrected chi connectivity index (χ0v) is 13.5. The summed E-state index contributed by atoms with van der Waals surface area (Å²) < 4.78 is 10.4. The highest BCUT2D eigenvalue weighted by Gasteiger charge is 2.20. The summed E-state index contributed by atoms with van der Waals surface area (Å²) in [5.74, 6) is -0.674. The molecule has 0 heterocycles. The summed E-state index contributed by atoms with van der Waals surface area (Å²) in [4.78, 5) is 23.5. The lowest BCUT2D eigenvalue weighted by Gasteiger charge is -2.20. The van der Waals surface area contributed by atoms with Crippen LogP contribution < -0.4 is 0 Å². The van der Waals surface area contributed by atoms with Gasteiger partial charge in [0.2, 0.25) is 0 Å². The minimum atomic E-state index is -0.547. The van der Waals surface area contributed by atoms with Crippen molar-refractivity contribution in [2.24, 2.45) is 0 Å². The van der Waals surface area contributed by atoms with Gasteiger partial charge in [-0.15, -0.1) is 0 Å². The Balaban J connectivity index is 4.50. The number of unbranched alkanes of at least 4 members (excludes halogenated alkanes) is 2. The van der Waals surface area contributed by atoms with Crippen molar-refractivity contribution in [3.8, 4) is 0 Å². The minimum Gasteiger partial charge on any atom is -0.461 e. The van der Waals surface area contributed by atoms with E-state index in [0.717, 1.165) is 25.7 Å². The molecule has 4 heteroatoms. The molecule has 0 bridgehead atoms. The van der Waals surface area contributed by atoms with Crippen LogP contribution in [0.4, 0.5) is 0 Å². The van der Waals surface area contributed by atoms with Gasteiger partial charge in [0.1, 0.15) is 12.2 Å². The number of esters is 2. The zero-order chi connectivity index (χ0) is 15.6. The van der Waals surface area contributed by atoms with E-state index in [2.05, 4.69) is 0 Å². The molecule has 0 saturated carbocycles. The first-order valence-corrected chi connectivity index (χ1v) is 7.38. The van der Waals surface area contributed by atoms with Gasteiger partial charge in [-0.05, 0) is 33.6 Å². The van der Waals surface area contributed by atoms with Gasteiger partial charge in [0.05, 0.1) is 5.57 Å². The summed E-state index contributed by atoms with van der Waals surface area (Å²) in [7, 11) is 0. The lowest BCUT2D eigenvalue weighted by molar-refractivity contribution is -0.151. The van der Waals surface area contributed by atoms with Crippen molar-refractivity contribution in [3.63, 3.8) is 0 Å². The second-order valence-electron chi connectivity index (χ2n) is 5.78. The Morgan fingerprint density at radius 1 is 1.10 bits per heavy atom. The fraction of sp³-hybridized carbons (Fsp3) is 0.750. The van der Waals surface area contributed by atoms with Gasteiger partial charge in [-0.3, -0.25) is 4.79 Å². The van der Waals surface area contributed by atoms with E-state index >= 15 is 0 Å². The van der Waals surface area contributed by atoms with Crippen LogP contribution in [0.1, 0.15) is 66.7 Å². The van der Waals surface area contributed by atoms with Crippen molar-refractivity contribution in [3.05, 3.63) is 11.6 Å². The van der Waals surface area contributed by atoms with E-state index in [1.54, 1.807) is 6.08 Å². The molecule has 116 valence electrons. The highest BCUT2D eigenvalue weighted by Crippen LogP contribution is 2.12. The Morgan fingerprint density at radius 3 is 2.25 bits per heavy atom. The molecule has 0 aliphatic heterocycles. The highest BCUT2D eigenvalue weighted by atomic mass is 16.6. The first-order valence-electron chi connectivity index (χ1n) is 7.38. The van der Waals surface area contributed by atoms with Crippen molar-refractivity contribution in [2.45, 2.75) is 72.3 Å². The van der Waals surface area contributed by atoms with E-state index in [9.17, 15) is 9.59 Å². The predicted molar refractivity (Wildman–Crippen MR) is 79.3 cm³/mol. The fourth-order valence-electron chi connectivity index (χ4n) is 1.41. The SMILES string of the molecule is CCCC=C(COC(=O)CCCC)C(=O)OC(C)(C)C. The Kier molecular flexibility index (Phi) is 8.93. The van der Waals surface area contributed by atoms with Crippen LogP contribution in [0.3, 0.4) is 0 Å². The molecule has 0 unspecified atom stereocenters. The molecule has 0 fully saturated rings. The van der Waals surface area contributed by atoms with Gasteiger partial charge in [-0.2, -0.15) is 0 Å². The van der Waals surface area contributed by atoms with Crippen LogP contribution >= 0.6 is 0 Å².